The van der Waals surface area contributed by atoms with E-state index in [0.29, 0.717) is 18.8 Å². The van der Waals surface area contributed by atoms with Crippen molar-refractivity contribution in [3.63, 3.8) is 0 Å². The van der Waals surface area contributed by atoms with Crippen LogP contribution in [0.5, 0.6) is 0 Å². The second-order valence-electron chi connectivity index (χ2n) is 5.85. The third-order valence-electron chi connectivity index (χ3n) is 4.12. The summed E-state index contributed by atoms with van der Waals surface area (Å²) in [7, 11) is 0. The molecule has 1 aliphatic heterocycles. The van der Waals surface area contributed by atoms with Gasteiger partial charge in [-0.1, -0.05) is 12.1 Å². The van der Waals surface area contributed by atoms with Gasteiger partial charge in [0.05, 0.1) is 0 Å². The zero-order valence-electron chi connectivity index (χ0n) is 13.1. The molecule has 3 heterocycles. The molecule has 0 spiro atoms. The van der Waals surface area contributed by atoms with E-state index in [9.17, 15) is 9.59 Å². The van der Waals surface area contributed by atoms with Crippen LogP contribution in [-0.2, 0) is 6.42 Å². The molecule has 7 heteroatoms. The predicted octanol–water partition coefficient (Wildman–Crippen LogP) is 1.73. The average Bonchev–Trinajstić information content (AvgIpc) is 3.03. The molecule has 1 saturated heterocycles. The van der Waals surface area contributed by atoms with Crippen molar-refractivity contribution in [1.29, 1.82) is 0 Å². The van der Waals surface area contributed by atoms with E-state index >= 15 is 0 Å². The summed E-state index contributed by atoms with van der Waals surface area (Å²) in [4.78, 5) is 32.1. The number of aromatic amines is 1. The largest absolute Gasteiger partial charge is 0.361 e. The van der Waals surface area contributed by atoms with Crippen molar-refractivity contribution in [2.24, 2.45) is 0 Å². The number of carbonyl (C=O) groups is 1. The van der Waals surface area contributed by atoms with E-state index in [1.54, 1.807) is 17.0 Å². The molecule has 1 fully saturated rings. The first-order valence-corrected chi connectivity index (χ1v) is 7.97. The molecule has 122 valence electrons. The van der Waals surface area contributed by atoms with E-state index < -0.39 is 0 Å². The Bertz CT molecular complexity index is 737. The summed E-state index contributed by atoms with van der Waals surface area (Å²) in [6.07, 6.45) is 5.05. The van der Waals surface area contributed by atoms with E-state index in [-0.39, 0.29) is 17.5 Å². The number of hydrogen-bond acceptors (Lipinski definition) is 5. The smallest absolute Gasteiger partial charge is 0.345 e. The Morgan fingerprint density at radius 3 is 3.17 bits per heavy atom. The zero-order chi connectivity index (χ0) is 16.2. The van der Waals surface area contributed by atoms with Crippen LogP contribution in [0.1, 0.15) is 54.0 Å². The summed E-state index contributed by atoms with van der Waals surface area (Å²) in [6.45, 7) is 3.31. The van der Waals surface area contributed by atoms with Crippen molar-refractivity contribution in [2.45, 2.75) is 38.5 Å². The highest BCUT2D eigenvalue weighted by molar-refractivity contribution is 5.92. The molecule has 0 bridgehead atoms. The molecule has 1 N–H and O–H groups in total. The Hall–Kier alpha value is -2.44. The maximum absolute atomic E-state index is 12.6. The van der Waals surface area contributed by atoms with Gasteiger partial charge in [0, 0.05) is 43.4 Å². The van der Waals surface area contributed by atoms with Crippen molar-refractivity contribution in [3.8, 4) is 0 Å². The van der Waals surface area contributed by atoms with Crippen LogP contribution in [0.15, 0.2) is 27.6 Å². The quantitative estimate of drug-likeness (QED) is 0.927. The second-order valence-corrected chi connectivity index (χ2v) is 5.85. The Morgan fingerprint density at radius 1 is 1.52 bits per heavy atom. The van der Waals surface area contributed by atoms with Gasteiger partial charge in [0.2, 0.25) is 0 Å². The monoisotopic (exact) mass is 316 g/mol. The summed E-state index contributed by atoms with van der Waals surface area (Å²) < 4.78 is 5.19. The molecule has 0 unspecified atom stereocenters. The minimum atomic E-state index is -0.355. The maximum Gasteiger partial charge on any atom is 0.345 e. The highest BCUT2D eigenvalue weighted by Gasteiger charge is 2.27. The van der Waals surface area contributed by atoms with E-state index in [1.807, 2.05) is 0 Å². The van der Waals surface area contributed by atoms with Crippen LogP contribution in [-0.4, -0.2) is 39.0 Å². The van der Waals surface area contributed by atoms with Gasteiger partial charge >= 0.3 is 5.69 Å². The first-order valence-electron chi connectivity index (χ1n) is 7.97. The van der Waals surface area contributed by atoms with Crippen LogP contribution in [0, 0.1) is 0 Å². The molecule has 2 aromatic rings. The first-order chi connectivity index (χ1) is 11.2. The number of likely N-dealkylation sites (tertiary alicyclic amines) is 1. The van der Waals surface area contributed by atoms with Crippen molar-refractivity contribution in [1.82, 2.24) is 20.0 Å². The Kier molecular flexibility index (Phi) is 4.55. The summed E-state index contributed by atoms with van der Waals surface area (Å²) >= 11 is 0. The molecule has 3 rings (SSSR count). The van der Waals surface area contributed by atoms with Crippen LogP contribution >= 0.6 is 0 Å². The summed E-state index contributed by atoms with van der Waals surface area (Å²) in [5, 5.41) is 3.89. The predicted molar refractivity (Wildman–Crippen MR) is 83.2 cm³/mol. The molecule has 1 aliphatic rings. The summed E-state index contributed by atoms with van der Waals surface area (Å²) in [5.41, 5.74) is 0.832. The van der Waals surface area contributed by atoms with E-state index in [4.69, 9.17) is 4.52 Å². The lowest BCUT2D eigenvalue weighted by Crippen LogP contribution is -2.39. The van der Waals surface area contributed by atoms with Gasteiger partial charge in [0.15, 0.2) is 5.69 Å². The lowest BCUT2D eigenvalue weighted by Gasteiger charge is -2.32. The van der Waals surface area contributed by atoms with E-state index in [0.717, 1.165) is 37.1 Å². The van der Waals surface area contributed by atoms with Gasteiger partial charge in [-0.15, -0.1) is 0 Å². The number of rotatable bonds is 4. The lowest BCUT2D eigenvalue weighted by molar-refractivity contribution is 0.0695. The number of nitrogens with zero attached hydrogens (tertiary/aromatic N) is 3. The van der Waals surface area contributed by atoms with Crippen molar-refractivity contribution in [3.05, 3.63) is 46.0 Å². The molecule has 23 heavy (non-hydrogen) atoms. The van der Waals surface area contributed by atoms with Crippen molar-refractivity contribution >= 4 is 5.91 Å². The maximum atomic E-state index is 12.6. The number of nitrogens with one attached hydrogen (secondary N) is 1. The Balaban J connectivity index is 1.72. The van der Waals surface area contributed by atoms with E-state index in [2.05, 4.69) is 22.0 Å². The van der Waals surface area contributed by atoms with Gasteiger partial charge in [-0.25, -0.2) is 9.78 Å². The third kappa shape index (κ3) is 3.49. The van der Waals surface area contributed by atoms with Crippen LogP contribution in [0.2, 0.25) is 0 Å². The van der Waals surface area contributed by atoms with Crippen LogP contribution in [0.4, 0.5) is 0 Å². The summed E-state index contributed by atoms with van der Waals surface area (Å²) in [5.74, 6) is 0.741. The molecule has 1 atom stereocenters. The van der Waals surface area contributed by atoms with Crippen LogP contribution in [0.3, 0.4) is 0 Å². The van der Waals surface area contributed by atoms with Crippen molar-refractivity contribution < 1.29 is 9.32 Å². The zero-order valence-corrected chi connectivity index (χ0v) is 13.1. The van der Waals surface area contributed by atoms with Gasteiger partial charge in [-0.2, -0.15) is 0 Å². The van der Waals surface area contributed by atoms with E-state index in [1.165, 1.54) is 6.20 Å². The molecule has 0 aliphatic carbocycles. The average molecular weight is 316 g/mol. The molecule has 1 amide bonds. The van der Waals surface area contributed by atoms with Crippen LogP contribution in [0.25, 0.3) is 0 Å². The topological polar surface area (TPSA) is 92.1 Å². The fourth-order valence-electron chi connectivity index (χ4n) is 2.98. The molecule has 0 radical (unpaired) electrons. The van der Waals surface area contributed by atoms with Crippen molar-refractivity contribution in [2.75, 3.05) is 13.1 Å². The highest BCUT2D eigenvalue weighted by Crippen LogP contribution is 2.25. The second kappa shape index (κ2) is 6.76. The normalized spacial score (nSPS) is 18.1. The molecular weight excluding hydrogens is 296 g/mol. The number of H-pyrrole nitrogens is 1. The number of hydrogen-bond donors (Lipinski definition) is 1. The van der Waals surface area contributed by atoms with Crippen LogP contribution < -0.4 is 5.69 Å². The van der Waals surface area contributed by atoms with Gasteiger partial charge in [-0.3, -0.25) is 4.79 Å². The fourth-order valence-corrected chi connectivity index (χ4v) is 2.98. The molecule has 7 nitrogen and oxygen atoms in total. The number of piperidine rings is 1. The molecule has 2 aromatic heterocycles. The SMILES string of the molecule is CCCc1cc(C(=O)N2CCC[C@@H](c3ccnc(=O)[nH]3)C2)no1. The van der Waals surface area contributed by atoms with Gasteiger partial charge < -0.3 is 14.4 Å². The molecule has 0 aromatic carbocycles. The number of aromatic nitrogens is 3. The molecular formula is C16H20N4O3. The minimum Gasteiger partial charge on any atom is -0.361 e. The third-order valence-corrected chi connectivity index (χ3v) is 4.12. The number of carbonyl (C=O) groups excluding carboxylic acids is 1. The number of aryl methyl sites for hydroxylation is 1. The minimum absolute atomic E-state index is 0.114. The fraction of sp³-hybridized carbons (Fsp3) is 0.500. The summed E-state index contributed by atoms with van der Waals surface area (Å²) in [6, 6.07) is 3.53. The first kappa shape index (κ1) is 15.5. The van der Waals surface area contributed by atoms with Gasteiger partial charge in [0.1, 0.15) is 5.76 Å². The lowest BCUT2D eigenvalue weighted by atomic mass is 9.94. The standard InChI is InChI=1S/C16H20N4O3/c1-2-4-12-9-14(19-23-12)15(21)20-8-3-5-11(10-20)13-6-7-17-16(22)18-13/h6-7,9,11H,2-5,8,10H2,1H3,(H,17,18,22)/t11-/m1/s1. The Labute approximate surface area is 133 Å². The Morgan fingerprint density at radius 2 is 2.39 bits per heavy atom. The van der Waals surface area contributed by atoms with Gasteiger partial charge in [-0.05, 0) is 25.3 Å². The highest BCUT2D eigenvalue weighted by atomic mass is 16.5. The molecule has 0 saturated carbocycles. The number of amides is 1. The van der Waals surface area contributed by atoms with Gasteiger partial charge in [0.25, 0.3) is 5.91 Å².